The van der Waals surface area contributed by atoms with E-state index in [9.17, 15) is 9.59 Å². The molecule has 0 saturated carbocycles. The number of carbonyl (C=O) groups is 2. The number of benzene rings is 1. The van der Waals surface area contributed by atoms with Crippen LogP contribution in [0.5, 0.6) is 0 Å². The first-order valence-corrected chi connectivity index (χ1v) is 7.99. The summed E-state index contributed by atoms with van der Waals surface area (Å²) >= 11 is 0. The number of nitrogens with one attached hydrogen (secondary N) is 1. The Bertz CT molecular complexity index is 702. The molecular weight excluding hydrogens is 288 g/mol. The van der Waals surface area contributed by atoms with Gasteiger partial charge < -0.3 is 9.88 Å². The van der Waals surface area contributed by atoms with Crippen molar-refractivity contribution in [1.29, 1.82) is 0 Å². The second-order valence-corrected chi connectivity index (χ2v) is 5.89. The topological polar surface area (TPSA) is 53.2 Å². The van der Waals surface area contributed by atoms with Gasteiger partial charge in [-0.25, -0.2) is 0 Å². The lowest BCUT2D eigenvalue weighted by Gasteiger charge is -2.22. The first-order valence-electron chi connectivity index (χ1n) is 7.99. The summed E-state index contributed by atoms with van der Waals surface area (Å²) in [5, 5.41) is 0. The van der Waals surface area contributed by atoms with Crippen LogP contribution in [0.25, 0.3) is 0 Å². The average molecular weight is 312 g/mol. The zero-order valence-electron chi connectivity index (χ0n) is 14.3. The van der Waals surface area contributed by atoms with Crippen LogP contribution in [0, 0.1) is 13.8 Å². The maximum Gasteiger partial charge on any atom is 0.270 e. The van der Waals surface area contributed by atoms with Crippen LogP contribution in [0.15, 0.2) is 30.3 Å². The minimum Gasteiger partial charge on any atom is -0.354 e. The van der Waals surface area contributed by atoms with Crippen molar-refractivity contribution in [2.75, 3.05) is 6.54 Å². The highest BCUT2D eigenvalue weighted by Crippen LogP contribution is 2.21. The van der Waals surface area contributed by atoms with Crippen LogP contribution in [-0.4, -0.2) is 28.1 Å². The molecule has 1 heterocycles. The largest absolute Gasteiger partial charge is 0.354 e. The van der Waals surface area contributed by atoms with Gasteiger partial charge in [0.15, 0.2) is 5.78 Å². The van der Waals surface area contributed by atoms with E-state index in [-0.39, 0.29) is 11.7 Å². The van der Waals surface area contributed by atoms with Gasteiger partial charge in [0.1, 0.15) is 5.69 Å². The van der Waals surface area contributed by atoms with Crippen LogP contribution < -0.4 is 0 Å². The molecule has 0 saturated heterocycles. The molecule has 23 heavy (non-hydrogen) atoms. The highest BCUT2D eigenvalue weighted by molar-refractivity contribution is 6.02. The molecule has 1 aromatic heterocycles. The van der Waals surface area contributed by atoms with Gasteiger partial charge in [0.25, 0.3) is 5.91 Å². The normalized spacial score (nSPS) is 10.6. The van der Waals surface area contributed by atoms with Gasteiger partial charge in [-0.3, -0.25) is 9.59 Å². The fourth-order valence-electron chi connectivity index (χ4n) is 2.98. The number of H-pyrrole nitrogens is 1. The minimum absolute atomic E-state index is 0.0135. The number of hydrogen-bond donors (Lipinski definition) is 1. The van der Waals surface area contributed by atoms with Crippen molar-refractivity contribution in [2.45, 2.75) is 40.7 Å². The summed E-state index contributed by atoms with van der Waals surface area (Å²) in [5.41, 5.74) is 3.76. The Hall–Kier alpha value is -2.36. The number of Topliss-reactive ketones (excluding diaryl/α,β-unsaturated/α-hetero) is 1. The lowest BCUT2D eigenvalue weighted by atomic mass is 10.1. The molecule has 0 aliphatic heterocycles. The number of aromatic nitrogens is 1. The molecule has 0 radical (unpaired) electrons. The van der Waals surface area contributed by atoms with Crippen LogP contribution in [0.4, 0.5) is 0 Å². The van der Waals surface area contributed by atoms with E-state index >= 15 is 0 Å². The summed E-state index contributed by atoms with van der Waals surface area (Å²) in [4.78, 5) is 29.6. The number of rotatable bonds is 6. The van der Waals surface area contributed by atoms with Crippen molar-refractivity contribution >= 4 is 11.7 Å². The lowest BCUT2D eigenvalue weighted by Crippen LogP contribution is -2.32. The van der Waals surface area contributed by atoms with Crippen LogP contribution in [0.1, 0.15) is 57.9 Å². The highest BCUT2D eigenvalue weighted by atomic mass is 16.2. The predicted octanol–water partition coefficient (Wildman–Crippen LogP) is 3.89. The number of amides is 1. The highest BCUT2D eigenvalue weighted by Gasteiger charge is 2.23. The van der Waals surface area contributed by atoms with Gasteiger partial charge in [0.05, 0.1) is 0 Å². The molecule has 1 aromatic carbocycles. The van der Waals surface area contributed by atoms with Crippen molar-refractivity contribution in [1.82, 2.24) is 9.88 Å². The van der Waals surface area contributed by atoms with E-state index in [0.717, 1.165) is 23.2 Å². The first kappa shape index (κ1) is 17.0. The molecule has 1 N–H and O–H groups in total. The van der Waals surface area contributed by atoms with Crippen molar-refractivity contribution in [3.63, 3.8) is 0 Å². The molecule has 0 bridgehead atoms. The Morgan fingerprint density at radius 3 is 2.30 bits per heavy atom. The van der Waals surface area contributed by atoms with Gasteiger partial charge in [0, 0.05) is 24.3 Å². The third-order valence-corrected chi connectivity index (χ3v) is 4.00. The van der Waals surface area contributed by atoms with E-state index in [1.807, 2.05) is 49.1 Å². The third kappa shape index (κ3) is 3.70. The van der Waals surface area contributed by atoms with Crippen molar-refractivity contribution < 1.29 is 9.59 Å². The molecule has 2 rings (SSSR count). The Morgan fingerprint density at radius 2 is 1.78 bits per heavy atom. The van der Waals surface area contributed by atoms with Crippen LogP contribution in [-0.2, 0) is 6.54 Å². The van der Waals surface area contributed by atoms with E-state index in [0.29, 0.717) is 24.3 Å². The molecule has 0 spiro atoms. The van der Waals surface area contributed by atoms with Crippen molar-refractivity contribution in [2.24, 2.45) is 0 Å². The van der Waals surface area contributed by atoms with Gasteiger partial charge >= 0.3 is 0 Å². The molecule has 0 aliphatic rings. The van der Waals surface area contributed by atoms with E-state index in [1.165, 1.54) is 6.92 Å². The van der Waals surface area contributed by atoms with Crippen LogP contribution >= 0.6 is 0 Å². The molecule has 0 atom stereocenters. The molecule has 4 nitrogen and oxygen atoms in total. The fourth-order valence-corrected chi connectivity index (χ4v) is 2.98. The number of aromatic amines is 1. The maximum absolute atomic E-state index is 12.9. The Labute approximate surface area is 137 Å². The number of nitrogens with zero attached hydrogens (tertiary/aromatic N) is 1. The predicted molar refractivity (Wildman–Crippen MR) is 91.7 cm³/mol. The summed E-state index contributed by atoms with van der Waals surface area (Å²) < 4.78 is 0. The Morgan fingerprint density at radius 1 is 1.13 bits per heavy atom. The quantitative estimate of drug-likeness (QED) is 0.823. The van der Waals surface area contributed by atoms with Crippen molar-refractivity contribution in [3.05, 3.63) is 58.4 Å². The van der Waals surface area contributed by atoms with Gasteiger partial charge in [0.2, 0.25) is 0 Å². The fraction of sp³-hybridized carbons (Fsp3) is 0.368. The number of carbonyl (C=O) groups excluding carboxylic acids is 2. The van der Waals surface area contributed by atoms with Gasteiger partial charge in [-0.05, 0) is 38.3 Å². The summed E-state index contributed by atoms with van der Waals surface area (Å²) in [6.45, 7) is 8.51. The Balaban J connectivity index is 2.31. The average Bonchev–Trinajstić information content (AvgIpc) is 2.82. The molecule has 0 unspecified atom stereocenters. The molecule has 2 aromatic rings. The van der Waals surface area contributed by atoms with E-state index in [1.54, 1.807) is 0 Å². The smallest absolute Gasteiger partial charge is 0.270 e. The lowest BCUT2D eigenvalue weighted by molar-refractivity contribution is 0.0737. The van der Waals surface area contributed by atoms with Crippen molar-refractivity contribution in [3.8, 4) is 0 Å². The molecule has 1 amide bonds. The van der Waals surface area contributed by atoms with Gasteiger partial charge in [-0.15, -0.1) is 0 Å². The molecule has 0 aliphatic carbocycles. The third-order valence-electron chi connectivity index (χ3n) is 4.00. The number of ketones is 1. The summed E-state index contributed by atoms with van der Waals surface area (Å²) in [6, 6.07) is 9.95. The second kappa shape index (κ2) is 7.27. The van der Waals surface area contributed by atoms with E-state index < -0.39 is 0 Å². The van der Waals surface area contributed by atoms with Gasteiger partial charge in [-0.1, -0.05) is 37.3 Å². The number of aryl methyl sites for hydroxylation is 1. The second-order valence-electron chi connectivity index (χ2n) is 5.89. The van der Waals surface area contributed by atoms with Crippen LogP contribution in [0.2, 0.25) is 0 Å². The minimum atomic E-state index is -0.0520. The molecule has 122 valence electrons. The first-order chi connectivity index (χ1) is 11.0. The zero-order chi connectivity index (χ0) is 17.0. The van der Waals surface area contributed by atoms with E-state index in [2.05, 4.69) is 11.9 Å². The molecule has 4 heteroatoms. The van der Waals surface area contributed by atoms with E-state index in [4.69, 9.17) is 0 Å². The van der Waals surface area contributed by atoms with Gasteiger partial charge in [-0.2, -0.15) is 0 Å². The van der Waals surface area contributed by atoms with Crippen LogP contribution in [0.3, 0.4) is 0 Å². The summed E-state index contributed by atoms with van der Waals surface area (Å²) in [5.74, 6) is -0.0656. The summed E-state index contributed by atoms with van der Waals surface area (Å²) in [7, 11) is 0. The monoisotopic (exact) mass is 312 g/mol. The maximum atomic E-state index is 12.9. The molecule has 0 fully saturated rings. The zero-order valence-corrected chi connectivity index (χ0v) is 14.3. The SMILES string of the molecule is CCCN(Cc1ccccc1)C(=O)c1[nH]c(C)c(C(C)=O)c1C. The standard InChI is InChI=1S/C19H24N2O2/c1-5-11-21(12-16-9-7-6-8-10-16)19(23)18-13(2)17(15(4)22)14(3)20-18/h6-10,20H,5,11-12H2,1-4H3. The Kier molecular flexibility index (Phi) is 5.37. The molecular formula is C19H24N2O2. The number of hydrogen-bond acceptors (Lipinski definition) is 2. The summed E-state index contributed by atoms with van der Waals surface area (Å²) in [6.07, 6.45) is 0.886.